The molecule has 0 aromatic heterocycles. The number of aromatic hydroxyl groups is 1. The Balaban J connectivity index is 2.99. The third-order valence-electron chi connectivity index (χ3n) is 2.23. The van der Waals surface area contributed by atoms with Crippen molar-refractivity contribution in [1.29, 1.82) is 0 Å². The Morgan fingerprint density at radius 1 is 1.20 bits per heavy atom. The molecule has 0 saturated heterocycles. The maximum absolute atomic E-state index is 9.54. The first-order chi connectivity index (χ1) is 7.22. The normalized spacial score (nSPS) is 10.1. The average molecular weight is 211 g/mol. The van der Waals surface area contributed by atoms with Crippen LogP contribution in [0.3, 0.4) is 0 Å². The minimum atomic E-state index is 0.0887. The van der Waals surface area contributed by atoms with E-state index in [0.29, 0.717) is 18.0 Å². The van der Waals surface area contributed by atoms with Crippen LogP contribution in [0.5, 0.6) is 17.2 Å². The SMILES string of the molecule is COc1cc(CCCN)c(OC)cc1O. The van der Waals surface area contributed by atoms with Gasteiger partial charge < -0.3 is 20.3 Å². The van der Waals surface area contributed by atoms with Gasteiger partial charge in [0.2, 0.25) is 0 Å². The van der Waals surface area contributed by atoms with Crippen molar-refractivity contribution >= 4 is 0 Å². The number of hydrogen-bond donors (Lipinski definition) is 2. The number of benzene rings is 1. The van der Waals surface area contributed by atoms with Crippen molar-refractivity contribution in [2.24, 2.45) is 5.73 Å². The maximum Gasteiger partial charge on any atom is 0.161 e. The van der Waals surface area contributed by atoms with Crippen molar-refractivity contribution < 1.29 is 14.6 Å². The molecule has 0 aliphatic heterocycles. The first-order valence-electron chi connectivity index (χ1n) is 4.86. The van der Waals surface area contributed by atoms with Gasteiger partial charge in [-0.2, -0.15) is 0 Å². The number of ether oxygens (including phenoxy) is 2. The molecule has 1 aromatic rings. The quantitative estimate of drug-likeness (QED) is 0.770. The Labute approximate surface area is 89.6 Å². The Kier molecular flexibility index (Phi) is 4.24. The van der Waals surface area contributed by atoms with Gasteiger partial charge in [-0.1, -0.05) is 0 Å². The van der Waals surface area contributed by atoms with Gasteiger partial charge in [-0.3, -0.25) is 0 Å². The lowest BCUT2D eigenvalue weighted by molar-refractivity contribution is 0.363. The molecule has 4 nitrogen and oxygen atoms in total. The monoisotopic (exact) mass is 211 g/mol. The molecule has 4 heteroatoms. The van der Waals surface area contributed by atoms with E-state index < -0.39 is 0 Å². The predicted molar refractivity (Wildman–Crippen MR) is 58.6 cm³/mol. The Morgan fingerprint density at radius 3 is 2.40 bits per heavy atom. The molecule has 0 atom stereocenters. The highest BCUT2D eigenvalue weighted by Crippen LogP contribution is 2.34. The number of methoxy groups -OCH3 is 2. The number of nitrogens with two attached hydrogens (primary N) is 1. The first kappa shape index (κ1) is 11.7. The molecule has 1 rings (SSSR count). The van der Waals surface area contributed by atoms with Crippen LogP contribution in [0.4, 0.5) is 0 Å². The van der Waals surface area contributed by atoms with Crippen LogP contribution in [0.1, 0.15) is 12.0 Å². The molecule has 0 saturated carbocycles. The van der Waals surface area contributed by atoms with E-state index in [4.69, 9.17) is 15.2 Å². The van der Waals surface area contributed by atoms with E-state index in [0.717, 1.165) is 18.4 Å². The zero-order valence-corrected chi connectivity index (χ0v) is 9.12. The van der Waals surface area contributed by atoms with Crippen molar-refractivity contribution in [2.45, 2.75) is 12.8 Å². The van der Waals surface area contributed by atoms with Crippen molar-refractivity contribution in [3.05, 3.63) is 17.7 Å². The molecule has 84 valence electrons. The van der Waals surface area contributed by atoms with Gasteiger partial charge in [0.05, 0.1) is 14.2 Å². The maximum atomic E-state index is 9.54. The number of rotatable bonds is 5. The van der Waals surface area contributed by atoms with Gasteiger partial charge in [0.15, 0.2) is 11.5 Å². The molecule has 0 aliphatic carbocycles. The van der Waals surface area contributed by atoms with Crippen LogP contribution in [-0.2, 0) is 6.42 Å². The summed E-state index contributed by atoms with van der Waals surface area (Å²) < 4.78 is 10.2. The fraction of sp³-hybridized carbons (Fsp3) is 0.455. The lowest BCUT2D eigenvalue weighted by Gasteiger charge is -2.11. The Hall–Kier alpha value is -1.42. The average Bonchev–Trinajstić information content (AvgIpc) is 2.26. The number of hydrogen-bond acceptors (Lipinski definition) is 4. The van der Waals surface area contributed by atoms with Gasteiger partial charge in [-0.05, 0) is 31.0 Å². The fourth-order valence-electron chi connectivity index (χ4n) is 1.43. The molecule has 0 radical (unpaired) electrons. The molecule has 15 heavy (non-hydrogen) atoms. The van der Waals surface area contributed by atoms with E-state index in [1.54, 1.807) is 19.2 Å². The molecule has 0 heterocycles. The van der Waals surface area contributed by atoms with Crippen molar-refractivity contribution in [2.75, 3.05) is 20.8 Å². The van der Waals surface area contributed by atoms with Crippen molar-refractivity contribution in [1.82, 2.24) is 0 Å². The van der Waals surface area contributed by atoms with Crippen LogP contribution >= 0.6 is 0 Å². The van der Waals surface area contributed by atoms with E-state index in [1.165, 1.54) is 7.11 Å². The lowest BCUT2D eigenvalue weighted by atomic mass is 10.1. The van der Waals surface area contributed by atoms with Crippen LogP contribution in [0, 0.1) is 0 Å². The summed E-state index contributed by atoms with van der Waals surface area (Å²) in [6.45, 7) is 0.631. The first-order valence-corrected chi connectivity index (χ1v) is 4.86. The van der Waals surface area contributed by atoms with E-state index in [2.05, 4.69) is 0 Å². The number of aryl methyl sites for hydroxylation is 1. The van der Waals surface area contributed by atoms with Crippen molar-refractivity contribution in [3.8, 4) is 17.2 Å². The van der Waals surface area contributed by atoms with Crippen LogP contribution in [-0.4, -0.2) is 25.9 Å². The number of phenolic OH excluding ortho intramolecular Hbond substituents is 1. The van der Waals surface area contributed by atoms with Gasteiger partial charge in [0.1, 0.15) is 5.75 Å². The summed E-state index contributed by atoms with van der Waals surface area (Å²) in [6, 6.07) is 3.34. The largest absolute Gasteiger partial charge is 0.504 e. The minimum Gasteiger partial charge on any atom is -0.504 e. The molecule has 3 N–H and O–H groups in total. The standard InChI is InChI=1S/C11H17NO3/c1-14-10-7-9(13)11(15-2)6-8(10)4-3-5-12/h6-7,13H,3-5,12H2,1-2H3. The zero-order chi connectivity index (χ0) is 11.3. The summed E-state index contributed by atoms with van der Waals surface area (Å²) in [4.78, 5) is 0. The molecular formula is C11H17NO3. The van der Waals surface area contributed by atoms with E-state index in [-0.39, 0.29) is 5.75 Å². The summed E-state index contributed by atoms with van der Waals surface area (Å²) in [6.07, 6.45) is 1.70. The minimum absolute atomic E-state index is 0.0887. The van der Waals surface area contributed by atoms with Gasteiger partial charge in [0.25, 0.3) is 0 Å². The van der Waals surface area contributed by atoms with Crippen molar-refractivity contribution in [3.63, 3.8) is 0 Å². The molecule has 0 bridgehead atoms. The summed E-state index contributed by atoms with van der Waals surface area (Å²) in [5.41, 5.74) is 6.44. The van der Waals surface area contributed by atoms with Crippen LogP contribution in [0.2, 0.25) is 0 Å². The summed E-state index contributed by atoms with van der Waals surface area (Å²) in [7, 11) is 3.10. The highest BCUT2D eigenvalue weighted by atomic mass is 16.5. The topological polar surface area (TPSA) is 64.7 Å². The molecule has 0 spiro atoms. The second-order valence-electron chi connectivity index (χ2n) is 3.23. The van der Waals surface area contributed by atoms with Gasteiger partial charge >= 0.3 is 0 Å². The van der Waals surface area contributed by atoms with Crippen LogP contribution in [0.15, 0.2) is 12.1 Å². The second-order valence-corrected chi connectivity index (χ2v) is 3.23. The second kappa shape index (κ2) is 5.46. The summed E-state index contributed by atoms with van der Waals surface area (Å²) in [5.74, 6) is 1.22. The lowest BCUT2D eigenvalue weighted by Crippen LogP contribution is -2.02. The van der Waals surface area contributed by atoms with Crippen LogP contribution in [0.25, 0.3) is 0 Å². The van der Waals surface area contributed by atoms with Gasteiger partial charge in [0, 0.05) is 6.07 Å². The van der Waals surface area contributed by atoms with Crippen LogP contribution < -0.4 is 15.2 Å². The highest BCUT2D eigenvalue weighted by Gasteiger charge is 2.09. The third-order valence-corrected chi connectivity index (χ3v) is 2.23. The van der Waals surface area contributed by atoms with Gasteiger partial charge in [-0.25, -0.2) is 0 Å². The van der Waals surface area contributed by atoms with E-state index in [9.17, 15) is 5.11 Å². The van der Waals surface area contributed by atoms with Gasteiger partial charge in [-0.15, -0.1) is 0 Å². The molecule has 1 aromatic carbocycles. The molecule has 0 amide bonds. The molecule has 0 aliphatic rings. The zero-order valence-electron chi connectivity index (χ0n) is 9.12. The predicted octanol–water partition coefficient (Wildman–Crippen LogP) is 1.30. The fourth-order valence-corrected chi connectivity index (χ4v) is 1.43. The summed E-state index contributed by atoms with van der Waals surface area (Å²) in [5, 5.41) is 9.54. The molecule has 0 fully saturated rings. The summed E-state index contributed by atoms with van der Waals surface area (Å²) >= 11 is 0. The molecular weight excluding hydrogens is 194 g/mol. The highest BCUT2D eigenvalue weighted by molar-refractivity contribution is 5.49. The number of phenols is 1. The smallest absolute Gasteiger partial charge is 0.161 e. The Morgan fingerprint density at radius 2 is 1.87 bits per heavy atom. The van der Waals surface area contributed by atoms with E-state index >= 15 is 0 Å². The third kappa shape index (κ3) is 2.76. The molecule has 0 unspecified atom stereocenters. The Bertz CT molecular complexity index is 326. The van der Waals surface area contributed by atoms with E-state index in [1.807, 2.05) is 0 Å².